The van der Waals surface area contributed by atoms with Gasteiger partial charge in [0.05, 0.1) is 13.2 Å². The van der Waals surface area contributed by atoms with Crippen LogP contribution in [0.25, 0.3) is 0 Å². The molecule has 0 aromatic carbocycles. The fraction of sp³-hybridized carbons (Fsp3) is 0.500. The first-order chi connectivity index (χ1) is 8.88. The normalized spacial score (nSPS) is 20.4. The standard InChI is InChI=1S/C10H11F3N4O2/c11-10(12,13)7-1-2-15-9(16-7)17-3-4-19-6(5-17)8(14)18/h1-2,6H,3-5H2,(H2,14,18). The minimum atomic E-state index is -4.53. The largest absolute Gasteiger partial charge is 0.433 e. The van der Waals surface area contributed by atoms with Gasteiger partial charge in [-0.15, -0.1) is 0 Å². The van der Waals surface area contributed by atoms with E-state index < -0.39 is 23.9 Å². The molecule has 1 atom stereocenters. The quantitative estimate of drug-likeness (QED) is 0.833. The zero-order valence-corrected chi connectivity index (χ0v) is 9.72. The number of rotatable bonds is 2. The summed E-state index contributed by atoms with van der Waals surface area (Å²) in [5, 5.41) is 0. The highest BCUT2D eigenvalue weighted by Crippen LogP contribution is 2.28. The lowest BCUT2D eigenvalue weighted by Crippen LogP contribution is -2.49. The van der Waals surface area contributed by atoms with Gasteiger partial charge in [0.1, 0.15) is 5.69 Å². The third-order valence-corrected chi connectivity index (χ3v) is 2.60. The van der Waals surface area contributed by atoms with Gasteiger partial charge in [-0.1, -0.05) is 0 Å². The van der Waals surface area contributed by atoms with Gasteiger partial charge in [0.2, 0.25) is 11.9 Å². The first-order valence-corrected chi connectivity index (χ1v) is 5.44. The number of carbonyl (C=O) groups excluding carboxylic acids is 1. The predicted molar refractivity (Wildman–Crippen MR) is 58.2 cm³/mol. The second-order valence-electron chi connectivity index (χ2n) is 3.95. The van der Waals surface area contributed by atoms with Crippen molar-refractivity contribution in [3.63, 3.8) is 0 Å². The topological polar surface area (TPSA) is 81.3 Å². The number of nitrogens with zero attached hydrogens (tertiary/aromatic N) is 3. The number of aromatic nitrogens is 2. The van der Waals surface area contributed by atoms with Crippen LogP contribution in [0.2, 0.25) is 0 Å². The number of anilines is 1. The number of amides is 1. The van der Waals surface area contributed by atoms with Crippen LogP contribution >= 0.6 is 0 Å². The minimum Gasteiger partial charge on any atom is -0.367 e. The van der Waals surface area contributed by atoms with Crippen LogP contribution in [0.5, 0.6) is 0 Å². The summed E-state index contributed by atoms with van der Waals surface area (Å²) in [6.07, 6.45) is -4.38. The van der Waals surface area contributed by atoms with Crippen molar-refractivity contribution in [2.75, 3.05) is 24.6 Å². The molecule has 104 valence electrons. The molecule has 2 N–H and O–H groups in total. The summed E-state index contributed by atoms with van der Waals surface area (Å²) in [7, 11) is 0. The summed E-state index contributed by atoms with van der Waals surface area (Å²) < 4.78 is 42.7. The SMILES string of the molecule is NC(=O)C1CN(c2nccc(C(F)(F)F)n2)CCO1. The molecule has 0 aliphatic carbocycles. The number of hydrogen-bond acceptors (Lipinski definition) is 5. The van der Waals surface area contributed by atoms with Gasteiger partial charge in [0.25, 0.3) is 0 Å². The van der Waals surface area contributed by atoms with Gasteiger partial charge < -0.3 is 15.4 Å². The maximum Gasteiger partial charge on any atom is 0.433 e. The molecule has 19 heavy (non-hydrogen) atoms. The summed E-state index contributed by atoms with van der Waals surface area (Å²) in [5.41, 5.74) is 4.07. The van der Waals surface area contributed by atoms with Crippen molar-refractivity contribution in [1.29, 1.82) is 0 Å². The van der Waals surface area contributed by atoms with E-state index in [2.05, 4.69) is 9.97 Å². The van der Waals surface area contributed by atoms with Gasteiger partial charge in [-0.3, -0.25) is 4.79 Å². The molecule has 1 aromatic heterocycles. The third-order valence-electron chi connectivity index (χ3n) is 2.60. The number of alkyl halides is 3. The van der Waals surface area contributed by atoms with E-state index >= 15 is 0 Å². The molecule has 6 nitrogen and oxygen atoms in total. The second kappa shape index (κ2) is 5.00. The van der Waals surface area contributed by atoms with E-state index in [0.717, 1.165) is 12.3 Å². The van der Waals surface area contributed by atoms with Gasteiger partial charge in [0.15, 0.2) is 6.10 Å². The lowest BCUT2D eigenvalue weighted by molar-refractivity contribution is -0.141. The van der Waals surface area contributed by atoms with Gasteiger partial charge in [-0.05, 0) is 6.07 Å². The average Bonchev–Trinajstić information content (AvgIpc) is 2.38. The van der Waals surface area contributed by atoms with Crippen LogP contribution in [0.4, 0.5) is 19.1 Å². The number of primary amides is 1. The molecule has 1 unspecified atom stereocenters. The van der Waals surface area contributed by atoms with E-state index in [9.17, 15) is 18.0 Å². The molecule has 0 spiro atoms. The molecule has 1 aliphatic rings. The Kier molecular flexibility index (Phi) is 3.56. The lowest BCUT2D eigenvalue weighted by atomic mass is 10.2. The van der Waals surface area contributed by atoms with Crippen LogP contribution in [0.15, 0.2) is 12.3 Å². The molecule has 0 bridgehead atoms. The van der Waals surface area contributed by atoms with E-state index in [4.69, 9.17) is 10.5 Å². The fourth-order valence-electron chi connectivity index (χ4n) is 1.66. The van der Waals surface area contributed by atoms with Gasteiger partial charge >= 0.3 is 6.18 Å². The smallest absolute Gasteiger partial charge is 0.367 e. The third kappa shape index (κ3) is 3.11. The predicted octanol–water partition coefficient (Wildman–Crippen LogP) is 0.186. The van der Waals surface area contributed by atoms with Crippen molar-refractivity contribution >= 4 is 11.9 Å². The Morgan fingerprint density at radius 3 is 2.89 bits per heavy atom. The number of morpholine rings is 1. The molecular weight excluding hydrogens is 265 g/mol. The van der Waals surface area contributed by atoms with E-state index in [1.807, 2.05) is 0 Å². The second-order valence-corrected chi connectivity index (χ2v) is 3.95. The Bertz CT molecular complexity index is 480. The Morgan fingerprint density at radius 2 is 2.26 bits per heavy atom. The molecule has 0 radical (unpaired) electrons. The molecule has 2 heterocycles. The number of carbonyl (C=O) groups is 1. The summed E-state index contributed by atoms with van der Waals surface area (Å²) >= 11 is 0. The van der Waals surface area contributed by atoms with E-state index in [1.165, 1.54) is 4.90 Å². The van der Waals surface area contributed by atoms with Crippen molar-refractivity contribution in [3.05, 3.63) is 18.0 Å². The molecule has 1 fully saturated rings. The Balaban J connectivity index is 2.20. The van der Waals surface area contributed by atoms with Crippen molar-refractivity contribution in [2.45, 2.75) is 12.3 Å². The van der Waals surface area contributed by atoms with E-state index in [-0.39, 0.29) is 19.1 Å². The Labute approximate surface area is 106 Å². The zero-order chi connectivity index (χ0) is 14.0. The van der Waals surface area contributed by atoms with E-state index in [1.54, 1.807) is 0 Å². The van der Waals surface area contributed by atoms with Crippen molar-refractivity contribution in [1.82, 2.24) is 9.97 Å². The highest BCUT2D eigenvalue weighted by molar-refractivity contribution is 5.79. The van der Waals surface area contributed by atoms with Crippen molar-refractivity contribution in [3.8, 4) is 0 Å². The zero-order valence-electron chi connectivity index (χ0n) is 9.72. The Hall–Kier alpha value is -1.90. The number of nitrogens with two attached hydrogens (primary N) is 1. The monoisotopic (exact) mass is 276 g/mol. The average molecular weight is 276 g/mol. The van der Waals surface area contributed by atoms with Gasteiger partial charge in [-0.2, -0.15) is 13.2 Å². The highest BCUT2D eigenvalue weighted by Gasteiger charge is 2.34. The molecular formula is C10H11F3N4O2. The summed E-state index contributed by atoms with van der Waals surface area (Å²) in [4.78, 5) is 19.7. The maximum absolute atomic E-state index is 12.5. The fourth-order valence-corrected chi connectivity index (χ4v) is 1.66. The van der Waals surface area contributed by atoms with Crippen LogP contribution in [0, 0.1) is 0 Å². The van der Waals surface area contributed by atoms with Crippen LogP contribution < -0.4 is 10.6 Å². The van der Waals surface area contributed by atoms with Crippen LogP contribution in [0.1, 0.15) is 5.69 Å². The summed E-state index contributed by atoms with van der Waals surface area (Å²) in [6.45, 7) is 0.509. The molecule has 1 aromatic rings. The van der Waals surface area contributed by atoms with Crippen LogP contribution in [0.3, 0.4) is 0 Å². The number of hydrogen-bond donors (Lipinski definition) is 1. The molecule has 0 saturated carbocycles. The number of ether oxygens (including phenoxy) is 1. The Morgan fingerprint density at radius 1 is 1.53 bits per heavy atom. The summed E-state index contributed by atoms with van der Waals surface area (Å²) in [5.74, 6) is -0.763. The first kappa shape index (κ1) is 13.5. The van der Waals surface area contributed by atoms with Crippen LogP contribution in [-0.4, -0.2) is 41.7 Å². The van der Waals surface area contributed by atoms with Crippen molar-refractivity contribution < 1.29 is 22.7 Å². The number of halogens is 3. The summed E-state index contributed by atoms with van der Waals surface area (Å²) in [6, 6.07) is 0.787. The van der Waals surface area contributed by atoms with Gasteiger partial charge in [0, 0.05) is 12.7 Å². The molecule has 1 amide bonds. The lowest BCUT2D eigenvalue weighted by Gasteiger charge is -2.31. The molecule has 9 heteroatoms. The van der Waals surface area contributed by atoms with Crippen molar-refractivity contribution in [2.24, 2.45) is 5.73 Å². The first-order valence-electron chi connectivity index (χ1n) is 5.44. The van der Waals surface area contributed by atoms with Crippen LogP contribution in [-0.2, 0) is 15.7 Å². The molecule has 2 rings (SSSR count). The molecule has 1 aliphatic heterocycles. The van der Waals surface area contributed by atoms with Gasteiger partial charge in [-0.25, -0.2) is 9.97 Å². The molecule has 1 saturated heterocycles. The highest BCUT2D eigenvalue weighted by atomic mass is 19.4. The maximum atomic E-state index is 12.5. The minimum absolute atomic E-state index is 0.0383. The van der Waals surface area contributed by atoms with E-state index in [0.29, 0.717) is 6.54 Å².